The van der Waals surface area contributed by atoms with Crippen molar-refractivity contribution in [3.05, 3.63) is 0 Å². The highest BCUT2D eigenvalue weighted by molar-refractivity contribution is 5.76. The maximum absolute atomic E-state index is 12.1. The zero-order valence-corrected chi connectivity index (χ0v) is 11.1. The quantitative estimate of drug-likeness (QED) is 0.800. The summed E-state index contributed by atoms with van der Waals surface area (Å²) in [6, 6.07) is -0.503. The molecule has 1 heterocycles. The number of amides is 2. The third kappa shape index (κ3) is 4.09. The van der Waals surface area contributed by atoms with Gasteiger partial charge in [0, 0.05) is 13.1 Å². The van der Waals surface area contributed by atoms with Gasteiger partial charge in [0.1, 0.15) is 0 Å². The molecule has 0 aromatic rings. The Balaban J connectivity index is 1.82. The van der Waals surface area contributed by atoms with E-state index in [2.05, 4.69) is 5.32 Å². The summed E-state index contributed by atoms with van der Waals surface area (Å²) in [5.41, 5.74) is 0. The molecule has 2 aliphatic rings. The number of aliphatic carboxylic acids is 1. The number of hydrogen-bond donors (Lipinski definition) is 2. The number of urea groups is 1. The number of rotatable bonds is 4. The van der Waals surface area contributed by atoms with Crippen LogP contribution >= 0.6 is 0 Å². The number of nitrogens with one attached hydrogen (secondary N) is 1. The second-order valence-corrected chi connectivity index (χ2v) is 5.36. The van der Waals surface area contributed by atoms with Gasteiger partial charge in [0.15, 0.2) is 0 Å². The topological polar surface area (TPSA) is 78.9 Å². The van der Waals surface area contributed by atoms with Crippen LogP contribution in [0.5, 0.6) is 0 Å². The lowest BCUT2D eigenvalue weighted by molar-refractivity contribution is -0.139. The summed E-state index contributed by atoms with van der Waals surface area (Å²) in [6.07, 6.45) is 4.81. The average Bonchev–Trinajstić information content (AvgIpc) is 2.89. The van der Waals surface area contributed by atoms with Gasteiger partial charge in [0.2, 0.25) is 0 Å². The van der Waals surface area contributed by atoms with Crippen LogP contribution in [0.3, 0.4) is 0 Å². The first-order valence-corrected chi connectivity index (χ1v) is 7.01. The Bertz CT molecular complexity index is 329. The Hall–Kier alpha value is -1.30. The van der Waals surface area contributed by atoms with Crippen LogP contribution in [0.2, 0.25) is 0 Å². The lowest BCUT2D eigenvalue weighted by atomic mass is 10.1. The van der Waals surface area contributed by atoms with Crippen molar-refractivity contribution >= 4 is 12.0 Å². The third-order valence-electron chi connectivity index (χ3n) is 3.92. The Morgan fingerprint density at radius 3 is 2.74 bits per heavy atom. The molecular formula is C13H22N2O4. The molecule has 108 valence electrons. The first kappa shape index (κ1) is 14.1. The zero-order valence-electron chi connectivity index (χ0n) is 11.1. The fraction of sp³-hybridized carbons (Fsp3) is 0.846. The minimum Gasteiger partial charge on any atom is -0.481 e. The lowest BCUT2D eigenvalue weighted by Gasteiger charge is -2.35. The number of nitrogens with zero attached hydrogens (tertiary/aromatic N) is 1. The molecule has 2 rings (SSSR count). The maximum Gasteiger partial charge on any atom is 0.317 e. The molecular weight excluding hydrogens is 248 g/mol. The monoisotopic (exact) mass is 270 g/mol. The highest BCUT2D eigenvalue weighted by Crippen LogP contribution is 2.23. The zero-order chi connectivity index (χ0) is 13.7. The number of morpholine rings is 1. The fourth-order valence-corrected chi connectivity index (χ4v) is 2.84. The molecule has 0 radical (unpaired) electrons. The Morgan fingerprint density at radius 2 is 2.05 bits per heavy atom. The van der Waals surface area contributed by atoms with Gasteiger partial charge in [0.05, 0.1) is 25.7 Å². The van der Waals surface area contributed by atoms with Gasteiger partial charge < -0.3 is 20.1 Å². The second kappa shape index (κ2) is 6.75. The highest BCUT2D eigenvalue weighted by atomic mass is 16.5. The van der Waals surface area contributed by atoms with E-state index < -0.39 is 5.97 Å². The van der Waals surface area contributed by atoms with Crippen molar-refractivity contribution in [1.82, 2.24) is 10.2 Å². The van der Waals surface area contributed by atoms with Gasteiger partial charge in [-0.25, -0.2) is 4.79 Å². The van der Waals surface area contributed by atoms with Crippen LogP contribution in [-0.2, 0) is 9.53 Å². The van der Waals surface area contributed by atoms with E-state index >= 15 is 0 Å². The van der Waals surface area contributed by atoms with Crippen molar-refractivity contribution in [3.63, 3.8) is 0 Å². The van der Waals surface area contributed by atoms with Gasteiger partial charge in [-0.1, -0.05) is 12.8 Å². The van der Waals surface area contributed by atoms with Gasteiger partial charge in [-0.05, 0) is 18.8 Å². The minimum atomic E-state index is -0.899. The van der Waals surface area contributed by atoms with Crippen molar-refractivity contribution in [3.8, 4) is 0 Å². The van der Waals surface area contributed by atoms with Crippen LogP contribution in [0, 0.1) is 5.92 Å². The largest absolute Gasteiger partial charge is 0.481 e. The van der Waals surface area contributed by atoms with Crippen LogP contribution in [0.15, 0.2) is 0 Å². The van der Waals surface area contributed by atoms with Crippen molar-refractivity contribution < 1.29 is 19.4 Å². The average molecular weight is 270 g/mol. The van der Waals surface area contributed by atoms with Gasteiger partial charge >= 0.3 is 12.0 Å². The Labute approximate surface area is 113 Å². The van der Waals surface area contributed by atoms with Gasteiger partial charge in [0.25, 0.3) is 0 Å². The number of carbonyl (C=O) groups excluding carboxylic acids is 1. The van der Waals surface area contributed by atoms with Crippen LogP contribution in [0.25, 0.3) is 0 Å². The highest BCUT2D eigenvalue weighted by Gasteiger charge is 2.29. The summed E-state index contributed by atoms with van der Waals surface area (Å²) < 4.78 is 5.26. The van der Waals surface area contributed by atoms with E-state index in [0.717, 1.165) is 0 Å². The molecule has 1 unspecified atom stereocenters. The van der Waals surface area contributed by atoms with Crippen LogP contribution in [0.4, 0.5) is 4.79 Å². The molecule has 0 spiro atoms. The molecule has 1 atom stereocenters. The first-order valence-electron chi connectivity index (χ1n) is 7.01. The fourth-order valence-electron chi connectivity index (χ4n) is 2.84. The summed E-state index contributed by atoms with van der Waals surface area (Å²) in [5.74, 6) is -0.313. The number of carbonyl (C=O) groups is 2. The van der Waals surface area contributed by atoms with Crippen LogP contribution in [-0.4, -0.2) is 54.4 Å². The molecule has 0 bridgehead atoms. The van der Waals surface area contributed by atoms with Crippen molar-refractivity contribution in [2.45, 2.75) is 38.1 Å². The molecule has 0 aromatic carbocycles. The van der Waals surface area contributed by atoms with Crippen molar-refractivity contribution in [1.29, 1.82) is 0 Å². The summed E-state index contributed by atoms with van der Waals surface area (Å²) in [4.78, 5) is 24.5. The number of ether oxygens (including phenoxy) is 1. The number of hydrogen-bond acceptors (Lipinski definition) is 3. The molecule has 2 N–H and O–H groups in total. The molecule has 1 aliphatic carbocycles. The molecule has 2 amide bonds. The van der Waals surface area contributed by atoms with E-state index in [0.29, 0.717) is 32.2 Å². The van der Waals surface area contributed by atoms with E-state index in [9.17, 15) is 9.59 Å². The van der Waals surface area contributed by atoms with Crippen molar-refractivity contribution in [2.24, 2.45) is 5.92 Å². The van der Waals surface area contributed by atoms with E-state index in [1.54, 1.807) is 4.90 Å². The Kier molecular flexibility index (Phi) is 5.01. The maximum atomic E-state index is 12.1. The van der Waals surface area contributed by atoms with Crippen molar-refractivity contribution in [2.75, 3.05) is 26.3 Å². The van der Waals surface area contributed by atoms with Crippen LogP contribution in [0.1, 0.15) is 32.1 Å². The summed E-state index contributed by atoms with van der Waals surface area (Å²) >= 11 is 0. The summed E-state index contributed by atoms with van der Waals surface area (Å²) in [7, 11) is 0. The predicted octanol–water partition coefficient (Wildman–Crippen LogP) is 1.06. The molecule has 6 heteroatoms. The predicted molar refractivity (Wildman–Crippen MR) is 68.9 cm³/mol. The van der Waals surface area contributed by atoms with E-state index in [1.165, 1.54) is 25.7 Å². The number of carboxylic acids is 1. The Morgan fingerprint density at radius 1 is 1.32 bits per heavy atom. The third-order valence-corrected chi connectivity index (χ3v) is 3.92. The minimum absolute atomic E-state index is 0.0587. The van der Waals surface area contributed by atoms with Gasteiger partial charge in [-0.3, -0.25) is 4.79 Å². The van der Waals surface area contributed by atoms with Gasteiger partial charge in [-0.2, -0.15) is 0 Å². The summed E-state index contributed by atoms with van der Waals surface area (Å²) in [6.45, 7) is 1.96. The molecule has 0 aromatic heterocycles. The molecule has 6 nitrogen and oxygen atoms in total. The smallest absolute Gasteiger partial charge is 0.317 e. The molecule has 2 fully saturated rings. The SMILES string of the molecule is O=C(O)CC1COCCN1C(=O)NCC1CCCC1. The lowest BCUT2D eigenvalue weighted by Crippen LogP contribution is -2.53. The number of carboxylic acid groups (broad SMARTS) is 1. The second-order valence-electron chi connectivity index (χ2n) is 5.36. The standard InChI is InChI=1S/C13H22N2O4/c16-12(17)7-11-9-19-6-5-15(11)13(18)14-8-10-3-1-2-4-10/h10-11H,1-9H2,(H,14,18)(H,16,17). The summed E-state index contributed by atoms with van der Waals surface area (Å²) in [5, 5.41) is 11.8. The molecule has 19 heavy (non-hydrogen) atoms. The van der Waals surface area contributed by atoms with E-state index in [1.807, 2.05) is 0 Å². The molecule has 1 saturated carbocycles. The van der Waals surface area contributed by atoms with Gasteiger partial charge in [-0.15, -0.1) is 0 Å². The molecule has 1 saturated heterocycles. The normalized spacial score (nSPS) is 24.4. The van der Waals surface area contributed by atoms with Crippen LogP contribution < -0.4 is 5.32 Å². The molecule has 1 aliphatic heterocycles. The first-order chi connectivity index (χ1) is 9.16. The van der Waals surface area contributed by atoms with E-state index in [-0.39, 0.29) is 18.5 Å². The van der Waals surface area contributed by atoms with E-state index in [4.69, 9.17) is 9.84 Å².